The molecule has 7 nitrogen and oxygen atoms in total. The number of carbonyl (C=O) groups is 1. The Morgan fingerprint density at radius 1 is 0.926 bits per heavy atom. The molecule has 0 unspecified atom stereocenters. The Bertz CT molecular complexity index is 781. The smallest absolute Gasteiger partial charge is 0.274 e. The Morgan fingerprint density at radius 2 is 1.67 bits per heavy atom. The molecule has 27 heavy (non-hydrogen) atoms. The average Bonchev–Trinajstić information content (AvgIpc) is 3.28. The first-order chi connectivity index (χ1) is 13.3. The van der Waals surface area contributed by atoms with Gasteiger partial charge in [-0.3, -0.25) is 4.79 Å². The van der Waals surface area contributed by atoms with Crippen molar-refractivity contribution in [2.24, 2.45) is 0 Å². The van der Waals surface area contributed by atoms with Crippen LogP contribution >= 0.6 is 0 Å². The molecule has 0 aliphatic carbocycles. The van der Waals surface area contributed by atoms with Gasteiger partial charge in [0.15, 0.2) is 0 Å². The van der Waals surface area contributed by atoms with E-state index in [0.717, 1.165) is 43.4 Å². The fourth-order valence-electron chi connectivity index (χ4n) is 3.74. The summed E-state index contributed by atoms with van der Waals surface area (Å²) >= 11 is 0. The van der Waals surface area contributed by atoms with Crippen molar-refractivity contribution in [1.29, 1.82) is 0 Å². The highest BCUT2D eigenvalue weighted by molar-refractivity contribution is 5.92. The number of benzene rings is 1. The minimum absolute atomic E-state index is 0.0462. The maximum atomic E-state index is 12.8. The molecule has 0 radical (unpaired) electrons. The van der Waals surface area contributed by atoms with E-state index in [9.17, 15) is 4.79 Å². The van der Waals surface area contributed by atoms with E-state index in [0.29, 0.717) is 18.8 Å². The lowest BCUT2D eigenvalue weighted by Crippen LogP contribution is -2.49. The maximum absolute atomic E-state index is 12.8. The van der Waals surface area contributed by atoms with E-state index in [-0.39, 0.29) is 5.91 Å². The van der Waals surface area contributed by atoms with Gasteiger partial charge in [-0.1, -0.05) is 12.1 Å². The van der Waals surface area contributed by atoms with Gasteiger partial charge >= 0.3 is 0 Å². The lowest BCUT2D eigenvalue weighted by atomic mass is 10.2. The second-order valence-electron chi connectivity index (χ2n) is 6.91. The minimum Gasteiger partial charge on any atom is -0.495 e. The number of piperazine rings is 1. The van der Waals surface area contributed by atoms with Crippen molar-refractivity contribution in [2.45, 2.75) is 12.8 Å². The molecule has 3 heterocycles. The van der Waals surface area contributed by atoms with Crippen LogP contribution in [0.1, 0.15) is 23.3 Å². The maximum Gasteiger partial charge on any atom is 0.274 e. The van der Waals surface area contributed by atoms with Gasteiger partial charge in [0.25, 0.3) is 5.91 Å². The zero-order chi connectivity index (χ0) is 18.6. The quantitative estimate of drug-likeness (QED) is 0.824. The van der Waals surface area contributed by atoms with E-state index in [1.54, 1.807) is 19.5 Å². The number of ether oxygens (including phenoxy) is 1. The molecule has 2 aromatic rings. The zero-order valence-corrected chi connectivity index (χ0v) is 15.7. The third kappa shape index (κ3) is 3.67. The summed E-state index contributed by atoms with van der Waals surface area (Å²) in [5.41, 5.74) is 1.49. The van der Waals surface area contributed by atoms with Gasteiger partial charge in [0, 0.05) is 39.3 Å². The van der Waals surface area contributed by atoms with E-state index in [2.05, 4.69) is 25.8 Å². The van der Waals surface area contributed by atoms with Gasteiger partial charge in [-0.2, -0.15) is 0 Å². The van der Waals surface area contributed by atoms with Crippen LogP contribution in [0.3, 0.4) is 0 Å². The van der Waals surface area contributed by atoms with Gasteiger partial charge in [-0.05, 0) is 25.0 Å². The van der Waals surface area contributed by atoms with Gasteiger partial charge < -0.3 is 19.4 Å². The molecule has 2 saturated heterocycles. The van der Waals surface area contributed by atoms with Gasteiger partial charge in [0.2, 0.25) is 0 Å². The van der Waals surface area contributed by atoms with Crippen molar-refractivity contribution in [3.05, 3.63) is 42.4 Å². The summed E-state index contributed by atoms with van der Waals surface area (Å²) in [5.74, 6) is 1.68. The molecule has 1 aromatic carbocycles. The lowest BCUT2D eigenvalue weighted by Gasteiger charge is -2.36. The van der Waals surface area contributed by atoms with Crippen LogP contribution in [0.25, 0.3) is 0 Å². The normalized spacial score (nSPS) is 17.3. The van der Waals surface area contributed by atoms with Gasteiger partial charge in [0.05, 0.1) is 25.2 Å². The highest BCUT2D eigenvalue weighted by Gasteiger charge is 2.25. The predicted octanol–water partition coefficient (Wildman–Crippen LogP) is 2.05. The van der Waals surface area contributed by atoms with E-state index in [4.69, 9.17) is 4.74 Å². The topological polar surface area (TPSA) is 61.8 Å². The van der Waals surface area contributed by atoms with Crippen molar-refractivity contribution < 1.29 is 9.53 Å². The van der Waals surface area contributed by atoms with E-state index in [1.165, 1.54) is 12.8 Å². The summed E-state index contributed by atoms with van der Waals surface area (Å²) in [6.07, 6.45) is 5.73. The summed E-state index contributed by atoms with van der Waals surface area (Å²) in [4.78, 5) is 27.9. The van der Waals surface area contributed by atoms with Gasteiger partial charge in [-0.15, -0.1) is 0 Å². The molecule has 2 aliphatic heterocycles. The molecule has 1 aromatic heterocycles. The van der Waals surface area contributed by atoms with Crippen LogP contribution < -0.4 is 14.5 Å². The number of hydrogen-bond acceptors (Lipinski definition) is 6. The first-order valence-electron chi connectivity index (χ1n) is 9.50. The molecular weight excluding hydrogens is 342 g/mol. The molecular formula is C20H25N5O2. The number of nitrogens with zero attached hydrogens (tertiary/aromatic N) is 5. The number of aromatic nitrogens is 2. The Kier molecular flexibility index (Phi) is 5.09. The number of rotatable bonds is 4. The predicted molar refractivity (Wildman–Crippen MR) is 105 cm³/mol. The van der Waals surface area contributed by atoms with Crippen molar-refractivity contribution in [2.75, 3.05) is 56.2 Å². The SMILES string of the molecule is COc1ccccc1N1CCN(C(=O)c2cnc(N3CCCC3)cn2)CC1. The lowest BCUT2D eigenvalue weighted by molar-refractivity contribution is 0.0740. The van der Waals surface area contributed by atoms with Crippen LogP contribution in [0.5, 0.6) is 5.75 Å². The summed E-state index contributed by atoms with van der Waals surface area (Å²) < 4.78 is 5.45. The number of para-hydroxylation sites is 2. The Hall–Kier alpha value is -2.83. The average molecular weight is 367 g/mol. The van der Waals surface area contributed by atoms with Crippen LogP contribution in [0.15, 0.2) is 36.7 Å². The molecule has 0 bridgehead atoms. The molecule has 0 N–H and O–H groups in total. The Labute approximate surface area is 159 Å². The van der Waals surface area contributed by atoms with Gasteiger partial charge in [-0.25, -0.2) is 9.97 Å². The summed E-state index contributed by atoms with van der Waals surface area (Å²) in [6.45, 7) is 4.90. The largest absolute Gasteiger partial charge is 0.495 e. The molecule has 7 heteroatoms. The summed E-state index contributed by atoms with van der Waals surface area (Å²) in [6, 6.07) is 7.99. The van der Waals surface area contributed by atoms with Crippen molar-refractivity contribution in [1.82, 2.24) is 14.9 Å². The first-order valence-corrected chi connectivity index (χ1v) is 9.50. The minimum atomic E-state index is -0.0462. The molecule has 142 valence electrons. The van der Waals surface area contributed by atoms with Crippen molar-refractivity contribution in [3.8, 4) is 5.75 Å². The highest BCUT2D eigenvalue weighted by atomic mass is 16.5. The Morgan fingerprint density at radius 3 is 2.33 bits per heavy atom. The van der Waals surface area contributed by atoms with Crippen LogP contribution in [-0.4, -0.2) is 67.2 Å². The molecule has 0 atom stereocenters. The fraction of sp³-hybridized carbons (Fsp3) is 0.450. The molecule has 0 spiro atoms. The van der Waals surface area contributed by atoms with E-state index < -0.39 is 0 Å². The van der Waals surface area contributed by atoms with Crippen LogP contribution in [0, 0.1) is 0 Å². The monoisotopic (exact) mass is 367 g/mol. The second-order valence-corrected chi connectivity index (χ2v) is 6.91. The van der Waals surface area contributed by atoms with Gasteiger partial charge in [0.1, 0.15) is 17.3 Å². The number of methoxy groups -OCH3 is 1. The van der Waals surface area contributed by atoms with E-state index >= 15 is 0 Å². The first kappa shape index (κ1) is 17.6. The van der Waals surface area contributed by atoms with Crippen molar-refractivity contribution >= 4 is 17.4 Å². The zero-order valence-electron chi connectivity index (χ0n) is 15.7. The Balaban J connectivity index is 1.38. The third-order valence-corrected chi connectivity index (χ3v) is 5.28. The van der Waals surface area contributed by atoms with Crippen molar-refractivity contribution in [3.63, 3.8) is 0 Å². The number of anilines is 2. The molecule has 4 rings (SSSR count). The van der Waals surface area contributed by atoms with E-state index in [1.807, 2.05) is 23.1 Å². The van der Waals surface area contributed by atoms with Crippen LogP contribution in [-0.2, 0) is 0 Å². The number of hydrogen-bond donors (Lipinski definition) is 0. The highest BCUT2D eigenvalue weighted by Crippen LogP contribution is 2.28. The molecule has 2 aliphatic rings. The molecule has 2 fully saturated rings. The number of carbonyl (C=O) groups excluding carboxylic acids is 1. The summed E-state index contributed by atoms with van der Waals surface area (Å²) in [5, 5.41) is 0. The molecule has 1 amide bonds. The fourth-order valence-corrected chi connectivity index (χ4v) is 3.74. The molecule has 0 saturated carbocycles. The third-order valence-electron chi connectivity index (χ3n) is 5.28. The standard InChI is InChI=1S/C20H25N5O2/c1-27-18-7-3-2-6-17(18)23-10-12-25(13-11-23)20(26)16-14-22-19(15-21-16)24-8-4-5-9-24/h2-3,6-7,14-15H,4-5,8-13H2,1H3. The van der Waals surface area contributed by atoms with Crippen LogP contribution in [0.4, 0.5) is 11.5 Å². The second kappa shape index (κ2) is 7.82. The number of amides is 1. The summed E-state index contributed by atoms with van der Waals surface area (Å²) in [7, 11) is 1.68. The van der Waals surface area contributed by atoms with Crippen LogP contribution in [0.2, 0.25) is 0 Å².